The van der Waals surface area contributed by atoms with Crippen LogP contribution in [0.2, 0.25) is 0 Å². The number of nitrogens with zero attached hydrogens (tertiary/aromatic N) is 1. The zero-order valence-corrected chi connectivity index (χ0v) is 8.12. The molecule has 0 amide bonds. The third kappa shape index (κ3) is 3.54. The number of rotatable bonds is 3. The van der Waals surface area contributed by atoms with Gasteiger partial charge in [-0.3, -0.25) is 0 Å². The third-order valence-electron chi connectivity index (χ3n) is 1.16. The molecule has 12 heavy (non-hydrogen) atoms. The lowest BCUT2D eigenvalue weighted by Crippen LogP contribution is -1.98. The van der Waals surface area contributed by atoms with Crippen LogP contribution < -0.4 is 4.74 Å². The van der Waals surface area contributed by atoms with Crippen molar-refractivity contribution in [3.63, 3.8) is 0 Å². The van der Waals surface area contributed by atoms with Crippen LogP contribution in [0.1, 0.15) is 0 Å². The molecular formula is C8H12NO2P. The summed E-state index contributed by atoms with van der Waals surface area (Å²) in [5.41, 5.74) is 0. The molecule has 1 aromatic rings. The molecule has 4 heteroatoms. The molecule has 0 spiro atoms. The third-order valence-corrected chi connectivity index (χ3v) is 1.91. The Bertz CT molecular complexity index is 280. The smallest absolute Gasteiger partial charge is 0.213 e. The van der Waals surface area contributed by atoms with Gasteiger partial charge in [0.15, 0.2) is 0 Å². The molecule has 0 aliphatic carbocycles. The molecule has 0 aliphatic rings. The molecule has 0 aliphatic heterocycles. The average molecular weight is 185 g/mol. The van der Waals surface area contributed by atoms with E-state index in [2.05, 4.69) is 4.98 Å². The second-order valence-electron chi connectivity index (χ2n) is 3.02. The molecule has 0 aromatic carbocycles. The Hall–Kier alpha value is -0.820. The predicted molar refractivity (Wildman–Crippen MR) is 49.2 cm³/mol. The van der Waals surface area contributed by atoms with Gasteiger partial charge in [-0.1, -0.05) is 6.07 Å². The maximum atomic E-state index is 11.2. The minimum Gasteiger partial charge on any atom is -0.470 e. The zero-order chi connectivity index (χ0) is 9.03. The topological polar surface area (TPSA) is 39.2 Å². The van der Waals surface area contributed by atoms with Gasteiger partial charge in [0.25, 0.3) is 0 Å². The highest BCUT2D eigenvalue weighted by atomic mass is 31.2. The van der Waals surface area contributed by atoms with E-state index in [4.69, 9.17) is 4.74 Å². The van der Waals surface area contributed by atoms with Crippen LogP contribution in [0.25, 0.3) is 0 Å². The molecule has 0 N–H and O–H groups in total. The molecule has 1 aromatic heterocycles. The lowest BCUT2D eigenvalue weighted by molar-refractivity contribution is 0.363. The Morgan fingerprint density at radius 1 is 1.50 bits per heavy atom. The van der Waals surface area contributed by atoms with Crippen LogP contribution in [0.5, 0.6) is 5.88 Å². The summed E-state index contributed by atoms with van der Waals surface area (Å²) in [6.45, 7) is 3.38. The van der Waals surface area contributed by atoms with Gasteiger partial charge >= 0.3 is 0 Å². The molecule has 0 bridgehead atoms. The lowest BCUT2D eigenvalue weighted by Gasteiger charge is -2.07. The van der Waals surface area contributed by atoms with Crippen molar-refractivity contribution >= 4 is 7.14 Å². The molecule has 3 nitrogen and oxygen atoms in total. The summed E-state index contributed by atoms with van der Waals surface area (Å²) in [6, 6.07) is 5.39. The molecule has 0 saturated heterocycles. The SMILES string of the molecule is CP(C)(=O)COc1ccccn1. The van der Waals surface area contributed by atoms with E-state index in [1.165, 1.54) is 0 Å². The molecule has 66 valence electrons. The molecule has 1 heterocycles. The normalized spacial score (nSPS) is 11.2. The van der Waals surface area contributed by atoms with Gasteiger partial charge in [-0.05, 0) is 19.4 Å². The van der Waals surface area contributed by atoms with Crippen LogP contribution in [-0.2, 0) is 4.57 Å². The fourth-order valence-corrected chi connectivity index (χ4v) is 1.10. The van der Waals surface area contributed by atoms with Crippen LogP contribution >= 0.6 is 7.14 Å². The second kappa shape index (κ2) is 3.72. The Kier molecular flexibility index (Phi) is 2.88. The first-order valence-electron chi connectivity index (χ1n) is 3.66. The maximum absolute atomic E-state index is 11.2. The van der Waals surface area contributed by atoms with E-state index in [1.807, 2.05) is 12.1 Å². The highest BCUT2D eigenvalue weighted by molar-refractivity contribution is 7.62. The summed E-state index contributed by atoms with van der Waals surface area (Å²) < 4.78 is 16.4. The van der Waals surface area contributed by atoms with Gasteiger partial charge < -0.3 is 9.30 Å². The summed E-state index contributed by atoms with van der Waals surface area (Å²) >= 11 is 0. The number of pyridine rings is 1. The van der Waals surface area contributed by atoms with E-state index in [1.54, 1.807) is 25.6 Å². The van der Waals surface area contributed by atoms with Gasteiger partial charge in [-0.15, -0.1) is 0 Å². The Morgan fingerprint density at radius 3 is 2.75 bits per heavy atom. The standard InChI is InChI=1S/C8H12NO2P/c1-12(2,10)7-11-8-5-3-4-6-9-8/h3-6H,7H2,1-2H3. The van der Waals surface area contributed by atoms with Crippen molar-refractivity contribution in [1.29, 1.82) is 0 Å². The van der Waals surface area contributed by atoms with Crippen molar-refractivity contribution in [3.8, 4) is 5.88 Å². The first kappa shape index (κ1) is 9.27. The fraction of sp³-hybridized carbons (Fsp3) is 0.375. The van der Waals surface area contributed by atoms with Gasteiger partial charge in [0.1, 0.15) is 13.5 Å². The Balaban J connectivity index is 2.50. The number of aromatic nitrogens is 1. The molecule has 0 saturated carbocycles. The van der Waals surface area contributed by atoms with E-state index in [0.29, 0.717) is 5.88 Å². The van der Waals surface area contributed by atoms with Crippen molar-refractivity contribution in [1.82, 2.24) is 4.98 Å². The Morgan fingerprint density at radius 2 is 2.25 bits per heavy atom. The predicted octanol–water partition coefficient (Wildman–Crippen LogP) is 2.04. The summed E-state index contributed by atoms with van der Waals surface area (Å²) in [7, 11) is -2.09. The van der Waals surface area contributed by atoms with E-state index in [0.717, 1.165) is 0 Å². The molecule has 0 radical (unpaired) electrons. The van der Waals surface area contributed by atoms with Crippen LogP contribution in [0.4, 0.5) is 0 Å². The molecule has 0 fully saturated rings. The van der Waals surface area contributed by atoms with E-state index in [9.17, 15) is 4.57 Å². The zero-order valence-electron chi connectivity index (χ0n) is 7.23. The average Bonchev–Trinajstić information content (AvgIpc) is 2.02. The minimum atomic E-state index is -2.09. The summed E-state index contributed by atoms with van der Waals surface area (Å²) in [6.07, 6.45) is 1.90. The van der Waals surface area contributed by atoms with Crippen LogP contribution in [0.3, 0.4) is 0 Å². The van der Waals surface area contributed by atoms with Gasteiger partial charge in [-0.2, -0.15) is 0 Å². The van der Waals surface area contributed by atoms with E-state index >= 15 is 0 Å². The second-order valence-corrected chi connectivity index (χ2v) is 6.42. The van der Waals surface area contributed by atoms with Gasteiger partial charge in [-0.25, -0.2) is 4.98 Å². The molecule has 1 rings (SSSR count). The first-order chi connectivity index (χ1) is 5.58. The quantitative estimate of drug-likeness (QED) is 0.676. The molecule has 0 unspecified atom stereocenters. The van der Waals surface area contributed by atoms with Crippen molar-refractivity contribution in [2.75, 3.05) is 19.7 Å². The van der Waals surface area contributed by atoms with Crippen LogP contribution in [-0.4, -0.2) is 24.7 Å². The molecular weight excluding hydrogens is 173 g/mol. The van der Waals surface area contributed by atoms with Crippen molar-refractivity contribution in [2.24, 2.45) is 0 Å². The van der Waals surface area contributed by atoms with Crippen LogP contribution in [0, 0.1) is 0 Å². The molecule has 0 atom stereocenters. The summed E-state index contributed by atoms with van der Waals surface area (Å²) in [5.74, 6) is 0.529. The summed E-state index contributed by atoms with van der Waals surface area (Å²) in [5, 5.41) is 0. The first-order valence-corrected chi connectivity index (χ1v) is 6.44. The lowest BCUT2D eigenvalue weighted by atomic mass is 10.5. The fourth-order valence-electron chi connectivity index (χ4n) is 0.654. The number of ether oxygens (including phenoxy) is 1. The summed E-state index contributed by atoms with van der Waals surface area (Å²) in [4.78, 5) is 3.94. The van der Waals surface area contributed by atoms with E-state index < -0.39 is 7.14 Å². The van der Waals surface area contributed by atoms with Crippen molar-refractivity contribution in [3.05, 3.63) is 24.4 Å². The number of hydrogen-bond acceptors (Lipinski definition) is 3. The highest BCUT2D eigenvalue weighted by Gasteiger charge is 2.07. The van der Waals surface area contributed by atoms with Gasteiger partial charge in [0.05, 0.1) is 0 Å². The minimum absolute atomic E-state index is 0.254. The largest absolute Gasteiger partial charge is 0.470 e. The maximum Gasteiger partial charge on any atom is 0.213 e. The van der Waals surface area contributed by atoms with Crippen LogP contribution in [0.15, 0.2) is 24.4 Å². The van der Waals surface area contributed by atoms with E-state index in [-0.39, 0.29) is 6.35 Å². The highest BCUT2D eigenvalue weighted by Crippen LogP contribution is 2.35. The van der Waals surface area contributed by atoms with Crippen molar-refractivity contribution in [2.45, 2.75) is 0 Å². The monoisotopic (exact) mass is 185 g/mol. The van der Waals surface area contributed by atoms with Crippen molar-refractivity contribution < 1.29 is 9.30 Å². The van der Waals surface area contributed by atoms with Gasteiger partial charge in [0.2, 0.25) is 5.88 Å². The Labute approximate surface area is 72.1 Å². The van der Waals surface area contributed by atoms with Gasteiger partial charge in [0, 0.05) is 12.3 Å². The number of hydrogen-bond donors (Lipinski definition) is 0.